The van der Waals surface area contributed by atoms with E-state index in [-0.39, 0.29) is 5.91 Å². The molecule has 3 N–H and O–H groups in total. The van der Waals surface area contributed by atoms with E-state index in [1.807, 2.05) is 6.92 Å². The van der Waals surface area contributed by atoms with Gasteiger partial charge in [0.15, 0.2) is 0 Å². The van der Waals surface area contributed by atoms with Crippen molar-refractivity contribution in [2.24, 2.45) is 0 Å². The van der Waals surface area contributed by atoms with Gasteiger partial charge in [0, 0.05) is 21.8 Å². The van der Waals surface area contributed by atoms with E-state index < -0.39 is 22.5 Å². The van der Waals surface area contributed by atoms with Crippen molar-refractivity contribution in [3.8, 4) is 0 Å². The minimum absolute atomic E-state index is 0.325. The van der Waals surface area contributed by atoms with Crippen molar-refractivity contribution in [3.05, 3.63) is 101 Å². The number of hydrazine groups is 1. The maximum atomic E-state index is 12.5. The normalized spacial score (nSPS) is 10.8. The largest absolute Gasteiger partial charge is 0.322 e. The molecule has 3 rings (SSSR count). The number of amides is 2. The molecule has 3 aromatic carbocycles. The second kappa shape index (κ2) is 11.1. The van der Waals surface area contributed by atoms with Crippen LogP contribution in [0.25, 0.3) is 5.70 Å². The molecule has 3 aromatic rings. The standard InChI is InChI=1S/C25H25ClN4O4S/c1-17-10-12-23(13-11-17)30(35(3,33)34)16-24(31)29-28-18(2)19-6-5-9-22(15-19)27-25(32)20-7-4-8-21(26)14-20/h4-15,28H,2,16H2,1,3H3,(H,27,32)(H,29,31). The van der Waals surface area contributed by atoms with Gasteiger partial charge in [-0.1, -0.05) is 54.1 Å². The van der Waals surface area contributed by atoms with Gasteiger partial charge in [-0.25, -0.2) is 8.42 Å². The number of hydrogen-bond acceptors (Lipinski definition) is 5. The Morgan fingerprint density at radius 2 is 1.60 bits per heavy atom. The number of aryl methyl sites for hydroxylation is 1. The molecule has 0 saturated carbocycles. The summed E-state index contributed by atoms with van der Waals surface area (Å²) in [6.07, 6.45) is 1.04. The second-order valence-corrected chi connectivity index (χ2v) is 10.1. The number of benzene rings is 3. The Hall–Kier alpha value is -3.82. The van der Waals surface area contributed by atoms with Crippen LogP contribution < -0.4 is 20.5 Å². The monoisotopic (exact) mass is 512 g/mol. The van der Waals surface area contributed by atoms with Crippen LogP contribution in [0.15, 0.2) is 79.4 Å². The zero-order chi connectivity index (χ0) is 25.6. The number of carbonyl (C=O) groups excluding carboxylic acids is 2. The number of nitrogens with zero attached hydrogens (tertiary/aromatic N) is 1. The summed E-state index contributed by atoms with van der Waals surface area (Å²) in [7, 11) is -3.69. The van der Waals surface area contributed by atoms with Crippen LogP contribution in [0.3, 0.4) is 0 Å². The van der Waals surface area contributed by atoms with E-state index in [1.165, 1.54) is 0 Å². The van der Waals surface area contributed by atoms with Crippen molar-refractivity contribution in [1.29, 1.82) is 0 Å². The third-order valence-corrected chi connectivity index (χ3v) is 6.29. The van der Waals surface area contributed by atoms with Crippen molar-refractivity contribution in [2.75, 3.05) is 22.4 Å². The highest BCUT2D eigenvalue weighted by Gasteiger charge is 2.20. The van der Waals surface area contributed by atoms with Gasteiger partial charge < -0.3 is 5.32 Å². The summed E-state index contributed by atoms with van der Waals surface area (Å²) in [6.45, 7) is 5.36. The summed E-state index contributed by atoms with van der Waals surface area (Å²) in [5, 5.41) is 3.24. The molecular weight excluding hydrogens is 488 g/mol. The number of sulfonamides is 1. The minimum Gasteiger partial charge on any atom is -0.322 e. The molecule has 2 amide bonds. The third kappa shape index (κ3) is 7.33. The van der Waals surface area contributed by atoms with Crippen LogP contribution in [-0.2, 0) is 14.8 Å². The zero-order valence-corrected chi connectivity index (χ0v) is 20.8. The number of nitrogens with one attached hydrogen (secondary N) is 3. The molecular formula is C25H25ClN4O4S. The Kier molecular flexibility index (Phi) is 8.16. The smallest absolute Gasteiger partial charge is 0.259 e. The minimum atomic E-state index is -3.69. The van der Waals surface area contributed by atoms with Crippen molar-refractivity contribution >= 4 is 50.5 Å². The molecule has 0 aliphatic heterocycles. The van der Waals surface area contributed by atoms with Crippen LogP contribution in [0.4, 0.5) is 11.4 Å². The Morgan fingerprint density at radius 3 is 2.26 bits per heavy atom. The molecule has 0 saturated heterocycles. The van der Waals surface area contributed by atoms with Gasteiger partial charge in [-0.15, -0.1) is 0 Å². The molecule has 0 spiro atoms. The summed E-state index contributed by atoms with van der Waals surface area (Å²) >= 11 is 5.95. The molecule has 8 nitrogen and oxygen atoms in total. The Balaban J connectivity index is 1.62. The average Bonchev–Trinajstić information content (AvgIpc) is 2.81. The fourth-order valence-corrected chi connectivity index (χ4v) is 4.16. The maximum Gasteiger partial charge on any atom is 0.259 e. The molecule has 0 radical (unpaired) electrons. The van der Waals surface area contributed by atoms with E-state index in [0.717, 1.165) is 16.1 Å². The van der Waals surface area contributed by atoms with Crippen LogP contribution in [0.1, 0.15) is 21.5 Å². The fraction of sp³-hybridized carbons (Fsp3) is 0.120. The maximum absolute atomic E-state index is 12.5. The molecule has 0 fully saturated rings. The predicted octanol–water partition coefficient (Wildman–Crippen LogP) is 3.96. The second-order valence-electron chi connectivity index (χ2n) is 7.80. The molecule has 0 aliphatic carbocycles. The van der Waals surface area contributed by atoms with Gasteiger partial charge in [0.05, 0.1) is 17.6 Å². The van der Waals surface area contributed by atoms with Crippen molar-refractivity contribution in [3.63, 3.8) is 0 Å². The van der Waals surface area contributed by atoms with Crippen LogP contribution in [0.5, 0.6) is 0 Å². The van der Waals surface area contributed by atoms with E-state index in [0.29, 0.717) is 33.2 Å². The van der Waals surface area contributed by atoms with Gasteiger partial charge in [-0.2, -0.15) is 0 Å². The van der Waals surface area contributed by atoms with Gasteiger partial charge in [-0.05, 0) is 49.4 Å². The highest BCUT2D eigenvalue weighted by Crippen LogP contribution is 2.19. The molecule has 0 aromatic heterocycles. The van der Waals surface area contributed by atoms with Crippen molar-refractivity contribution in [2.45, 2.75) is 6.92 Å². The Labute approximate surface area is 209 Å². The first-order chi connectivity index (χ1) is 16.5. The molecule has 0 aliphatic rings. The zero-order valence-electron chi connectivity index (χ0n) is 19.2. The molecule has 0 unspecified atom stereocenters. The van der Waals surface area contributed by atoms with E-state index in [4.69, 9.17) is 11.6 Å². The molecule has 35 heavy (non-hydrogen) atoms. The van der Waals surface area contributed by atoms with Crippen LogP contribution >= 0.6 is 11.6 Å². The first-order valence-electron chi connectivity index (χ1n) is 10.5. The lowest BCUT2D eigenvalue weighted by Gasteiger charge is -2.22. The summed E-state index contributed by atoms with van der Waals surface area (Å²) in [4.78, 5) is 24.9. The van der Waals surface area contributed by atoms with Crippen molar-refractivity contribution in [1.82, 2.24) is 10.9 Å². The molecule has 10 heteroatoms. The van der Waals surface area contributed by atoms with Crippen LogP contribution in [0.2, 0.25) is 5.02 Å². The number of hydrogen-bond donors (Lipinski definition) is 3. The van der Waals surface area contributed by atoms with E-state index in [9.17, 15) is 18.0 Å². The number of anilines is 2. The lowest BCUT2D eigenvalue weighted by molar-refractivity contribution is -0.120. The highest BCUT2D eigenvalue weighted by atomic mass is 35.5. The number of halogens is 1. The highest BCUT2D eigenvalue weighted by molar-refractivity contribution is 7.92. The summed E-state index contributed by atoms with van der Waals surface area (Å²) < 4.78 is 25.5. The fourth-order valence-electron chi connectivity index (χ4n) is 3.12. The summed E-state index contributed by atoms with van der Waals surface area (Å²) in [6, 6.07) is 20.2. The topological polar surface area (TPSA) is 108 Å². The average molecular weight is 513 g/mol. The lowest BCUT2D eigenvalue weighted by atomic mass is 10.1. The Morgan fingerprint density at radius 1 is 0.943 bits per heavy atom. The van der Waals surface area contributed by atoms with Crippen LogP contribution in [-0.4, -0.2) is 33.0 Å². The predicted molar refractivity (Wildman–Crippen MR) is 140 cm³/mol. The van der Waals surface area contributed by atoms with E-state index >= 15 is 0 Å². The van der Waals surface area contributed by atoms with Gasteiger partial charge in [0.1, 0.15) is 6.54 Å². The molecule has 0 heterocycles. The molecule has 0 bridgehead atoms. The summed E-state index contributed by atoms with van der Waals surface area (Å²) in [5.74, 6) is -0.906. The first-order valence-corrected chi connectivity index (χ1v) is 12.7. The van der Waals surface area contributed by atoms with Gasteiger partial charge in [0.2, 0.25) is 10.0 Å². The summed E-state index contributed by atoms with van der Waals surface area (Å²) in [5.41, 5.74) is 8.38. The number of rotatable bonds is 9. The van der Waals surface area contributed by atoms with Crippen molar-refractivity contribution < 1.29 is 18.0 Å². The van der Waals surface area contributed by atoms with E-state index in [1.54, 1.807) is 72.8 Å². The molecule has 0 atom stereocenters. The third-order valence-electron chi connectivity index (χ3n) is 4.92. The van der Waals surface area contributed by atoms with Crippen LogP contribution in [0, 0.1) is 6.92 Å². The number of carbonyl (C=O) groups is 2. The Bertz CT molecular complexity index is 1360. The van der Waals surface area contributed by atoms with Gasteiger partial charge in [0.25, 0.3) is 11.8 Å². The molecule has 182 valence electrons. The van der Waals surface area contributed by atoms with E-state index in [2.05, 4.69) is 22.7 Å². The lowest BCUT2D eigenvalue weighted by Crippen LogP contribution is -2.44. The van der Waals surface area contributed by atoms with Gasteiger partial charge >= 0.3 is 0 Å². The quantitative estimate of drug-likeness (QED) is 0.376. The van der Waals surface area contributed by atoms with Gasteiger partial charge in [-0.3, -0.25) is 24.7 Å². The SMILES string of the molecule is C=C(NNC(=O)CN(c1ccc(C)cc1)S(C)(=O)=O)c1cccc(NC(=O)c2cccc(Cl)c2)c1. The first kappa shape index (κ1) is 25.8.